The van der Waals surface area contributed by atoms with E-state index < -0.39 is 0 Å². The largest absolute Gasteiger partial charge is 0.476 e. The first-order valence-electron chi connectivity index (χ1n) is 14.7. The zero-order chi connectivity index (χ0) is 30.1. The van der Waals surface area contributed by atoms with Gasteiger partial charge < -0.3 is 18.9 Å². The highest BCUT2D eigenvalue weighted by Crippen LogP contribution is 2.31. The molecule has 0 bridgehead atoms. The zero-order valence-electron chi connectivity index (χ0n) is 24.7. The highest BCUT2D eigenvalue weighted by atomic mass is 19.1. The van der Waals surface area contributed by atoms with Crippen LogP contribution in [-0.4, -0.2) is 20.2 Å². The molecule has 0 amide bonds. The van der Waals surface area contributed by atoms with Gasteiger partial charge in [-0.3, -0.25) is 0 Å². The van der Waals surface area contributed by atoms with Gasteiger partial charge in [0.1, 0.15) is 5.82 Å². The second-order valence-corrected chi connectivity index (χ2v) is 10.6. The Hall–Kier alpha value is -4.29. The van der Waals surface area contributed by atoms with Crippen molar-refractivity contribution in [3.63, 3.8) is 0 Å². The van der Waals surface area contributed by atoms with E-state index in [1.165, 1.54) is 56.3 Å². The van der Waals surface area contributed by atoms with E-state index in [1.807, 2.05) is 36.4 Å². The summed E-state index contributed by atoms with van der Waals surface area (Å²) in [5.74, 6) is 13.2. The Morgan fingerprint density at radius 2 is 1.23 bits per heavy atom. The lowest BCUT2D eigenvalue weighted by Gasteiger charge is -2.28. The quantitative estimate of drug-likeness (QED) is 0.0888. The standard InChI is InChI=1S/C38H39FO4/c1-3-40-28-42-26-35-17-12-32(13-18-35)10-7-30-5-8-31(9-6-30)11-16-34-22-24-37(38(39)25-34)23-21-33-14-19-36(20-15-33)27-43-29-41-4-2/h3-6,8-9,14-15,19-20,22,24-25,32,35H,1-2,7,10,12-13,17-18,26-29H2. The van der Waals surface area contributed by atoms with Crippen LogP contribution in [0.3, 0.4) is 0 Å². The van der Waals surface area contributed by atoms with Gasteiger partial charge in [-0.25, -0.2) is 4.39 Å². The number of ether oxygens (including phenoxy) is 4. The first-order chi connectivity index (χ1) is 21.1. The molecule has 4 nitrogen and oxygen atoms in total. The summed E-state index contributed by atoms with van der Waals surface area (Å²) in [6, 6.07) is 20.9. The van der Waals surface area contributed by atoms with E-state index in [1.54, 1.807) is 12.1 Å². The summed E-state index contributed by atoms with van der Waals surface area (Å²) in [6.07, 6.45) is 10.00. The molecular weight excluding hydrogens is 539 g/mol. The molecule has 1 saturated carbocycles. The van der Waals surface area contributed by atoms with Crippen LogP contribution in [0.1, 0.15) is 65.5 Å². The molecule has 43 heavy (non-hydrogen) atoms. The van der Waals surface area contributed by atoms with E-state index in [-0.39, 0.29) is 12.6 Å². The molecule has 0 radical (unpaired) electrons. The first-order valence-corrected chi connectivity index (χ1v) is 14.7. The molecule has 0 saturated heterocycles. The first kappa shape index (κ1) is 31.6. The Labute approximate surface area is 255 Å². The van der Waals surface area contributed by atoms with Crippen LogP contribution in [0.25, 0.3) is 0 Å². The van der Waals surface area contributed by atoms with Gasteiger partial charge in [0.25, 0.3) is 0 Å². The molecular formula is C38H39FO4. The zero-order valence-corrected chi connectivity index (χ0v) is 24.7. The van der Waals surface area contributed by atoms with Gasteiger partial charge in [0, 0.05) is 16.7 Å². The predicted molar refractivity (Wildman–Crippen MR) is 168 cm³/mol. The SMILES string of the molecule is C=COCOCc1ccc(C#Cc2ccc(C#Cc3ccc(CCC4CCC(COCOC=C)CC4)cc3)cc2F)cc1. The van der Waals surface area contributed by atoms with Crippen molar-refractivity contribution in [2.24, 2.45) is 11.8 Å². The molecule has 3 aromatic rings. The van der Waals surface area contributed by atoms with Crippen LogP contribution in [0, 0.1) is 41.3 Å². The van der Waals surface area contributed by atoms with Crippen LogP contribution in [0.5, 0.6) is 0 Å². The van der Waals surface area contributed by atoms with E-state index >= 15 is 0 Å². The van der Waals surface area contributed by atoms with Gasteiger partial charge in [0.05, 0.1) is 31.3 Å². The number of hydrogen-bond donors (Lipinski definition) is 0. The molecule has 5 heteroatoms. The topological polar surface area (TPSA) is 36.9 Å². The molecule has 0 N–H and O–H groups in total. The van der Waals surface area contributed by atoms with Gasteiger partial charge in [-0.1, -0.05) is 73.9 Å². The van der Waals surface area contributed by atoms with Crippen LogP contribution in [-0.2, 0) is 32.0 Å². The fourth-order valence-corrected chi connectivity index (χ4v) is 5.04. The molecule has 1 fully saturated rings. The fraction of sp³-hybridized carbons (Fsp3) is 0.316. The van der Waals surface area contributed by atoms with Crippen molar-refractivity contribution < 1.29 is 23.3 Å². The molecule has 1 aliphatic carbocycles. The van der Waals surface area contributed by atoms with E-state index in [2.05, 4.69) is 49.0 Å². The second-order valence-electron chi connectivity index (χ2n) is 10.6. The van der Waals surface area contributed by atoms with Crippen molar-refractivity contribution in [3.05, 3.63) is 132 Å². The maximum atomic E-state index is 14.7. The van der Waals surface area contributed by atoms with Gasteiger partial charge in [0.15, 0.2) is 13.6 Å². The van der Waals surface area contributed by atoms with E-state index in [0.29, 0.717) is 30.4 Å². The molecule has 0 unspecified atom stereocenters. The Balaban J connectivity index is 1.22. The van der Waals surface area contributed by atoms with Crippen molar-refractivity contribution >= 4 is 0 Å². The summed E-state index contributed by atoms with van der Waals surface area (Å²) in [5.41, 5.74) is 4.98. The highest BCUT2D eigenvalue weighted by molar-refractivity contribution is 5.49. The number of hydrogen-bond acceptors (Lipinski definition) is 4. The van der Waals surface area contributed by atoms with E-state index in [4.69, 9.17) is 18.9 Å². The number of rotatable bonds is 13. The Kier molecular flexibility index (Phi) is 13.0. The van der Waals surface area contributed by atoms with Crippen molar-refractivity contribution in [1.29, 1.82) is 0 Å². The molecule has 4 rings (SSSR count). The normalized spacial score (nSPS) is 15.7. The summed E-state index contributed by atoms with van der Waals surface area (Å²) in [7, 11) is 0. The number of halogens is 1. The molecule has 1 aliphatic rings. The maximum absolute atomic E-state index is 14.7. The summed E-state index contributed by atoms with van der Waals surface area (Å²) < 4.78 is 35.6. The molecule has 0 heterocycles. The summed E-state index contributed by atoms with van der Waals surface area (Å²) in [4.78, 5) is 0. The van der Waals surface area contributed by atoms with Crippen LogP contribution in [0.4, 0.5) is 4.39 Å². The number of aryl methyl sites for hydroxylation is 1. The minimum Gasteiger partial charge on any atom is -0.476 e. The van der Waals surface area contributed by atoms with Crippen molar-refractivity contribution in [3.8, 4) is 23.7 Å². The smallest absolute Gasteiger partial charge is 0.188 e. The van der Waals surface area contributed by atoms with Gasteiger partial charge in [-0.2, -0.15) is 0 Å². The van der Waals surface area contributed by atoms with Crippen LogP contribution >= 0.6 is 0 Å². The molecule has 0 spiro atoms. The lowest BCUT2D eigenvalue weighted by atomic mass is 9.80. The molecule has 3 aromatic carbocycles. The summed E-state index contributed by atoms with van der Waals surface area (Å²) in [6.45, 7) is 8.64. The van der Waals surface area contributed by atoms with Crippen molar-refractivity contribution in [2.45, 2.75) is 45.1 Å². The lowest BCUT2D eigenvalue weighted by Crippen LogP contribution is -2.19. The third kappa shape index (κ3) is 11.1. The van der Waals surface area contributed by atoms with E-state index in [0.717, 1.165) is 35.6 Å². The van der Waals surface area contributed by atoms with Gasteiger partial charge in [0.2, 0.25) is 0 Å². The Bertz CT molecular complexity index is 1430. The number of benzene rings is 3. The summed E-state index contributed by atoms with van der Waals surface area (Å²) >= 11 is 0. The highest BCUT2D eigenvalue weighted by Gasteiger charge is 2.21. The molecule has 0 aliphatic heterocycles. The molecule has 222 valence electrons. The Morgan fingerprint density at radius 3 is 1.88 bits per heavy atom. The third-order valence-corrected chi connectivity index (χ3v) is 7.54. The maximum Gasteiger partial charge on any atom is 0.188 e. The van der Waals surface area contributed by atoms with Gasteiger partial charge in [-0.15, -0.1) is 0 Å². The van der Waals surface area contributed by atoms with E-state index in [9.17, 15) is 4.39 Å². The van der Waals surface area contributed by atoms with Gasteiger partial charge in [-0.05, 0) is 91.1 Å². The van der Waals surface area contributed by atoms with Crippen molar-refractivity contribution in [2.75, 3.05) is 20.2 Å². The fourth-order valence-electron chi connectivity index (χ4n) is 5.04. The van der Waals surface area contributed by atoms with Gasteiger partial charge >= 0.3 is 0 Å². The van der Waals surface area contributed by atoms with Crippen LogP contribution in [0.2, 0.25) is 0 Å². The predicted octanol–water partition coefficient (Wildman–Crippen LogP) is 8.13. The minimum atomic E-state index is -0.384. The Morgan fingerprint density at radius 1 is 0.674 bits per heavy atom. The van der Waals surface area contributed by atoms with Crippen molar-refractivity contribution in [1.82, 2.24) is 0 Å². The summed E-state index contributed by atoms with van der Waals surface area (Å²) in [5, 5.41) is 0. The van der Waals surface area contributed by atoms with Crippen LogP contribution < -0.4 is 0 Å². The lowest BCUT2D eigenvalue weighted by molar-refractivity contribution is -0.0322. The third-order valence-electron chi connectivity index (χ3n) is 7.54. The molecule has 0 atom stereocenters. The molecule has 0 aromatic heterocycles. The minimum absolute atomic E-state index is 0.157. The average molecular weight is 579 g/mol. The van der Waals surface area contributed by atoms with Crippen LogP contribution in [0.15, 0.2) is 92.4 Å². The monoisotopic (exact) mass is 578 g/mol. The average Bonchev–Trinajstić information content (AvgIpc) is 3.04. The second kappa shape index (κ2) is 17.6.